The number of nitrogens with zero attached hydrogens (tertiary/aromatic N) is 1. The number of nitrogens with two attached hydrogens (primary N) is 1. The van der Waals surface area contributed by atoms with Crippen LogP contribution >= 0.6 is 0 Å². The van der Waals surface area contributed by atoms with Gasteiger partial charge in [-0.25, -0.2) is 9.78 Å². The van der Waals surface area contributed by atoms with Crippen LogP contribution in [-0.2, 0) is 6.18 Å². The first-order valence-electron chi connectivity index (χ1n) is 5.33. The quantitative estimate of drug-likeness (QED) is 0.886. The van der Waals surface area contributed by atoms with Gasteiger partial charge in [0, 0.05) is 11.1 Å². The molecule has 0 saturated heterocycles. The molecular formula is C12H9F3N2O3. The topological polar surface area (TPSA) is 85.4 Å². The Morgan fingerprint density at radius 3 is 2.55 bits per heavy atom. The highest BCUT2D eigenvalue weighted by Gasteiger charge is 2.34. The number of anilines is 1. The zero-order chi connectivity index (χ0) is 15.1. The van der Waals surface area contributed by atoms with Crippen molar-refractivity contribution in [2.24, 2.45) is 0 Å². The number of pyridine rings is 1. The van der Waals surface area contributed by atoms with Crippen molar-refractivity contribution in [2.75, 3.05) is 12.8 Å². The van der Waals surface area contributed by atoms with Crippen LogP contribution in [0.5, 0.6) is 5.75 Å². The maximum absolute atomic E-state index is 12.7. The number of carboxylic acids is 1. The minimum atomic E-state index is -4.69. The number of aromatic carboxylic acids is 1. The Morgan fingerprint density at radius 2 is 2.05 bits per heavy atom. The number of aromatic nitrogens is 1. The van der Waals surface area contributed by atoms with E-state index in [1.807, 2.05) is 0 Å². The van der Waals surface area contributed by atoms with E-state index >= 15 is 0 Å². The van der Waals surface area contributed by atoms with E-state index in [4.69, 9.17) is 15.6 Å². The minimum absolute atomic E-state index is 0.0165. The first kappa shape index (κ1) is 13.9. The average molecular weight is 286 g/mol. The summed E-state index contributed by atoms with van der Waals surface area (Å²) < 4.78 is 43.1. The van der Waals surface area contributed by atoms with Crippen LogP contribution in [0.1, 0.15) is 16.1 Å². The summed E-state index contributed by atoms with van der Waals surface area (Å²) in [6.07, 6.45) is -4.69. The Morgan fingerprint density at radius 1 is 1.40 bits per heavy atom. The molecular weight excluding hydrogens is 277 g/mol. The molecule has 0 amide bonds. The maximum atomic E-state index is 12.7. The molecule has 3 N–H and O–H groups in total. The van der Waals surface area contributed by atoms with Crippen molar-refractivity contribution in [2.45, 2.75) is 6.18 Å². The van der Waals surface area contributed by atoms with Crippen LogP contribution in [0, 0.1) is 0 Å². The van der Waals surface area contributed by atoms with Crippen LogP contribution in [-0.4, -0.2) is 23.2 Å². The highest BCUT2D eigenvalue weighted by Crippen LogP contribution is 2.36. The summed E-state index contributed by atoms with van der Waals surface area (Å²) >= 11 is 0. The van der Waals surface area contributed by atoms with E-state index in [2.05, 4.69) is 4.98 Å². The number of carbonyl (C=O) groups is 1. The second-order valence-corrected chi connectivity index (χ2v) is 3.94. The fraction of sp³-hybridized carbons (Fsp3) is 0.167. The van der Waals surface area contributed by atoms with E-state index in [0.717, 1.165) is 0 Å². The van der Waals surface area contributed by atoms with Gasteiger partial charge in [-0.3, -0.25) is 0 Å². The van der Waals surface area contributed by atoms with Gasteiger partial charge in [0.1, 0.15) is 17.0 Å². The Hall–Kier alpha value is -2.51. The molecule has 0 aliphatic heterocycles. The van der Waals surface area contributed by atoms with Gasteiger partial charge in [-0.15, -0.1) is 0 Å². The van der Waals surface area contributed by atoms with Crippen molar-refractivity contribution >= 4 is 22.6 Å². The van der Waals surface area contributed by atoms with Crippen LogP contribution < -0.4 is 10.5 Å². The zero-order valence-electron chi connectivity index (χ0n) is 10.2. The fourth-order valence-corrected chi connectivity index (χ4v) is 1.84. The van der Waals surface area contributed by atoms with Crippen molar-refractivity contribution < 1.29 is 27.8 Å². The third-order valence-electron chi connectivity index (χ3n) is 2.69. The second-order valence-electron chi connectivity index (χ2n) is 3.94. The Balaban J connectivity index is 2.91. The molecule has 2 rings (SSSR count). The van der Waals surface area contributed by atoms with Gasteiger partial charge in [-0.1, -0.05) is 0 Å². The van der Waals surface area contributed by atoms with Crippen LogP contribution in [0.2, 0.25) is 0 Å². The Labute approximate surface area is 110 Å². The summed E-state index contributed by atoms with van der Waals surface area (Å²) in [6, 6.07) is 3.04. The summed E-state index contributed by atoms with van der Waals surface area (Å²) in [5.41, 5.74) is 3.56. The van der Waals surface area contributed by atoms with E-state index in [0.29, 0.717) is 6.07 Å². The van der Waals surface area contributed by atoms with Crippen molar-refractivity contribution in [3.63, 3.8) is 0 Å². The number of carboxylic acid groups (broad SMARTS) is 1. The summed E-state index contributed by atoms with van der Waals surface area (Å²) in [6.45, 7) is 0. The number of halogens is 3. The van der Waals surface area contributed by atoms with Crippen LogP contribution in [0.4, 0.5) is 18.9 Å². The predicted octanol–water partition coefficient (Wildman–Crippen LogP) is 2.54. The van der Waals surface area contributed by atoms with E-state index in [-0.39, 0.29) is 27.9 Å². The van der Waals surface area contributed by atoms with E-state index < -0.39 is 17.8 Å². The fourth-order valence-electron chi connectivity index (χ4n) is 1.84. The van der Waals surface area contributed by atoms with E-state index in [1.165, 1.54) is 19.2 Å². The average Bonchev–Trinajstić information content (AvgIpc) is 2.35. The first-order chi connectivity index (χ1) is 9.25. The molecule has 1 aromatic heterocycles. The van der Waals surface area contributed by atoms with Gasteiger partial charge in [0.25, 0.3) is 0 Å². The molecule has 106 valence electrons. The summed E-state index contributed by atoms with van der Waals surface area (Å²) in [5, 5.41) is 8.97. The standard InChI is InChI=1S/C12H9F3N2O3/c1-20-7-3-2-5(11(18)19)9-6(16)4-8(12(13,14)15)17-10(7)9/h2-4H,1H3,(H2,16,17)(H,18,19). The summed E-state index contributed by atoms with van der Waals surface area (Å²) in [4.78, 5) is 14.5. The van der Waals surface area contributed by atoms with Crippen LogP contribution in [0.25, 0.3) is 10.9 Å². The van der Waals surface area contributed by atoms with Crippen LogP contribution in [0.3, 0.4) is 0 Å². The second kappa shape index (κ2) is 4.55. The Bertz CT molecular complexity index is 698. The predicted molar refractivity (Wildman–Crippen MR) is 64.7 cm³/mol. The number of hydrogen-bond donors (Lipinski definition) is 2. The van der Waals surface area contributed by atoms with Gasteiger partial charge in [0.2, 0.25) is 0 Å². The van der Waals surface area contributed by atoms with Crippen molar-refractivity contribution in [1.29, 1.82) is 0 Å². The molecule has 0 unspecified atom stereocenters. The molecule has 0 saturated carbocycles. The number of methoxy groups -OCH3 is 1. The lowest BCUT2D eigenvalue weighted by molar-refractivity contribution is -0.140. The van der Waals surface area contributed by atoms with Crippen molar-refractivity contribution in [3.8, 4) is 5.75 Å². The normalized spacial score (nSPS) is 11.6. The number of benzene rings is 1. The van der Waals surface area contributed by atoms with Gasteiger partial charge in [0.15, 0.2) is 0 Å². The monoisotopic (exact) mass is 286 g/mol. The van der Waals surface area contributed by atoms with Crippen LogP contribution in [0.15, 0.2) is 18.2 Å². The molecule has 8 heteroatoms. The van der Waals surface area contributed by atoms with E-state index in [9.17, 15) is 18.0 Å². The molecule has 0 bridgehead atoms. The molecule has 0 aliphatic carbocycles. The zero-order valence-corrected chi connectivity index (χ0v) is 10.2. The minimum Gasteiger partial charge on any atom is -0.494 e. The van der Waals surface area contributed by atoms with Gasteiger partial charge >= 0.3 is 12.1 Å². The number of fused-ring (bicyclic) bond motifs is 1. The third-order valence-corrected chi connectivity index (χ3v) is 2.69. The van der Waals surface area contributed by atoms with Crippen molar-refractivity contribution in [1.82, 2.24) is 4.98 Å². The molecule has 1 aromatic carbocycles. The number of alkyl halides is 3. The molecule has 0 atom stereocenters. The lowest BCUT2D eigenvalue weighted by atomic mass is 10.0. The highest BCUT2D eigenvalue weighted by atomic mass is 19.4. The lowest BCUT2D eigenvalue weighted by Gasteiger charge is -2.13. The SMILES string of the molecule is COc1ccc(C(=O)O)c2c(N)cc(C(F)(F)F)nc12. The number of nitrogen functional groups attached to an aromatic ring is 1. The summed E-state index contributed by atoms with van der Waals surface area (Å²) in [5.74, 6) is -1.30. The summed E-state index contributed by atoms with van der Waals surface area (Å²) in [7, 11) is 1.24. The largest absolute Gasteiger partial charge is 0.494 e. The third kappa shape index (κ3) is 2.20. The Kier molecular flexibility index (Phi) is 3.16. The molecule has 0 spiro atoms. The van der Waals surface area contributed by atoms with Gasteiger partial charge in [-0.05, 0) is 18.2 Å². The number of ether oxygens (including phenoxy) is 1. The molecule has 2 aromatic rings. The molecule has 0 fully saturated rings. The van der Waals surface area contributed by atoms with Gasteiger partial charge < -0.3 is 15.6 Å². The molecule has 5 nitrogen and oxygen atoms in total. The van der Waals surface area contributed by atoms with E-state index in [1.54, 1.807) is 0 Å². The maximum Gasteiger partial charge on any atom is 0.433 e. The lowest BCUT2D eigenvalue weighted by Crippen LogP contribution is -2.11. The first-order valence-corrected chi connectivity index (χ1v) is 5.33. The molecule has 0 aliphatic rings. The smallest absolute Gasteiger partial charge is 0.433 e. The van der Waals surface area contributed by atoms with Gasteiger partial charge in [0.05, 0.1) is 12.7 Å². The van der Waals surface area contributed by atoms with Crippen molar-refractivity contribution in [3.05, 3.63) is 29.5 Å². The number of hydrogen-bond acceptors (Lipinski definition) is 4. The molecule has 20 heavy (non-hydrogen) atoms. The molecule has 0 radical (unpaired) electrons. The highest BCUT2D eigenvalue weighted by molar-refractivity contribution is 6.09. The van der Waals surface area contributed by atoms with Gasteiger partial charge in [-0.2, -0.15) is 13.2 Å². The molecule has 1 heterocycles. The number of rotatable bonds is 2.